The average Bonchev–Trinajstić information content (AvgIpc) is 3.35. The third-order valence-corrected chi connectivity index (χ3v) is 5.99. The van der Waals surface area contributed by atoms with E-state index in [1.807, 2.05) is 24.3 Å². The number of rotatable bonds is 5. The molecule has 9 heteroatoms. The van der Waals surface area contributed by atoms with E-state index in [0.717, 1.165) is 16.9 Å². The van der Waals surface area contributed by atoms with E-state index in [-0.39, 0.29) is 16.9 Å². The summed E-state index contributed by atoms with van der Waals surface area (Å²) in [6.45, 7) is 8.07. The predicted molar refractivity (Wildman–Crippen MR) is 124 cm³/mol. The van der Waals surface area contributed by atoms with Gasteiger partial charge in [-0.25, -0.2) is 10.2 Å². The molecule has 0 unspecified atom stereocenters. The Hall–Kier alpha value is -3.46. The zero-order valence-electron chi connectivity index (χ0n) is 18.9. The van der Waals surface area contributed by atoms with Gasteiger partial charge in [-0.1, -0.05) is 45.0 Å². The molecular formula is C23H26N4O4S. The van der Waals surface area contributed by atoms with Crippen LogP contribution in [-0.4, -0.2) is 39.6 Å². The van der Waals surface area contributed by atoms with Gasteiger partial charge >= 0.3 is 5.97 Å². The minimum atomic E-state index is -0.504. The number of aromatic nitrogens is 2. The number of hydrogen-bond donors (Lipinski definition) is 2. The number of esters is 1. The van der Waals surface area contributed by atoms with Gasteiger partial charge in [0.1, 0.15) is 10.6 Å². The fourth-order valence-electron chi connectivity index (χ4n) is 3.12. The zero-order valence-corrected chi connectivity index (χ0v) is 19.7. The number of hydrazone groups is 1. The number of ether oxygens (including phenoxy) is 1. The van der Waals surface area contributed by atoms with Crippen LogP contribution in [0.3, 0.4) is 0 Å². The molecule has 0 aliphatic heterocycles. The monoisotopic (exact) mass is 454 g/mol. The van der Waals surface area contributed by atoms with E-state index in [4.69, 9.17) is 0 Å². The Labute approximate surface area is 190 Å². The third kappa shape index (κ3) is 4.72. The molecule has 1 amide bonds. The quantitative estimate of drug-likeness (QED) is 0.343. The second kappa shape index (κ2) is 8.96. The van der Waals surface area contributed by atoms with E-state index < -0.39 is 11.9 Å². The highest BCUT2D eigenvalue weighted by Gasteiger charge is 2.21. The molecule has 0 bridgehead atoms. The van der Waals surface area contributed by atoms with Gasteiger partial charge in [-0.05, 0) is 30.0 Å². The number of carbonyl (C=O) groups is 2. The average molecular weight is 455 g/mol. The van der Waals surface area contributed by atoms with Gasteiger partial charge in [0.2, 0.25) is 0 Å². The number of aryl methyl sites for hydroxylation is 1. The lowest BCUT2D eigenvalue weighted by molar-refractivity contribution is 0.0606. The number of benzene rings is 1. The Morgan fingerprint density at radius 2 is 1.75 bits per heavy atom. The first kappa shape index (κ1) is 23.2. The summed E-state index contributed by atoms with van der Waals surface area (Å²) in [4.78, 5) is 24.5. The van der Waals surface area contributed by atoms with Gasteiger partial charge in [-0.3, -0.25) is 9.48 Å². The van der Waals surface area contributed by atoms with Crippen molar-refractivity contribution < 1.29 is 19.4 Å². The van der Waals surface area contributed by atoms with Gasteiger partial charge in [-0.15, -0.1) is 11.3 Å². The summed E-state index contributed by atoms with van der Waals surface area (Å²) in [5.41, 5.74) is 5.64. The molecule has 0 atom stereocenters. The van der Waals surface area contributed by atoms with E-state index in [1.165, 1.54) is 24.8 Å². The number of nitrogens with one attached hydrogen (secondary N) is 1. The molecule has 3 rings (SSSR count). The van der Waals surface area contributed by atoms with Crippen LogP contribution >= 0.6 is 11.3 Å². The minimum Gasteiger partial charge on any atom is -0.504 e. The summed E-state index contributed by atoms with van der Waals surface area (Å²) < 4.78 is 6.23. The van der Waals surface area contributed by atoms with Crippen molar-refractivity contribution in [3.8, 4) is 17.0 Å². The van der Waals surface area contributed by atoms with E-state index in [0.29, 0.717) is 21.2 Å². The molecule has 2 aromatic heterocycles. The molecule has 0 fully saturated rings. The van der Waals surface area contributed by atoms with Crippen LogP contribution in [-0.2, 0) is 17.2 Å². The molecule has 0 spiro atoms. The molecule has 32 heavy (non-hydrogen) atoms. The molecule has 3 aromatic rings. The van der Waals surface area contributed by atoms with Crippen molar-refractivity contribution in [1.29, 1.82) is 0 Å². The fraction of sp³-hybridized carbons (Fsp3) is 0.304. The Bertz CT molecular complexity index is 1180. The van der Waals surface area contributed by atoms with Gasteiger partial charge in [0.15, 0.2) is 11.4 Å². The highest BCUT2D eigenvalue weighted by Crippen LogP contribution is 2.33. The molecule has 0 aliphatic rings. The van der Waals surface area contributed by atoms with Gasteiger partial charge in [0.05, 0.1) is 17.7 Å². The number of aromatic hydroxyl groups is 1. The van der Waals surface area contributed by atoms with Crippen molar-refractivity contribution in [1.82, 2.24) is 15.2 Å². The summed E-state index contributed by atoms with van der Waals surface area (Å²) in [6, 6.07) is 11.0. The zero-order chi connectivity index (χ0) is 23.6. The summed E-state index contributed by atoms with van der Waals surface area (Å²) in [5.74, 6) is -0.997. The minimum absolute atomic E-state index is 0.0180. The van der Waals surface area contributed by atoms with Crippen LogP contribution < -0.4 is 5.43 Å². The highest BCUT2D eigenvalue weighted by atomic mass is 32.1. The van der Waals surface area contributed by atoms with Crippen LogP contribution in [0, 0.1) is 0 Å². The van der Waals surface area contributed by atoms with E-state index in [1.54, 1.807) is 18.7 Å². The second-order valence-electron chi connectivity index (χ2n) is 8.29. The van der Waals surface area contributed by atoms with E-state index in [9.17, 15) is 14.7 Å². The predicted octanol–water partition coefficient (Wildman–Crippen LogP) is 4.09. The summed E-state index contributed by atoms with van der Waals surface area (Å²) in [6.07, 6.45) is 0. The largest absolute Gasteiger partial charge is 0.504 e. The maximum Gasteiger partial charge on any atom is 0.348 e. The van der Waals surface area contributed by atoms with E-state index >= 15 is 0 Å². The van der Waals surface area contributed by atoms with Crippen LogP contribution in [0.15, 0.2) is 41.5 Å². The van der Waals surface area contributed by atoms with Gasteiger partial charge in [0, 0.05) is 12.6 Å². The SMILES string of the molecule is COC(=O)c1ccc(C(=O)NN=C(C)c2nn(C)c(-c3ccc(C(C)(C)C)cc3)c2O)s1. The second-order valence-corrected chi connectivity index (χ2v) is 9.37. The normalized spacial score (nSPS) is 12.0. The Morgan fingerprint density at radius 3 is 2.34 bits per heavy atom. The number of thiophene rings is 1. The van der Waals surface area contributed by atoms with Gasteiger partial charge < -0.3 is 9.84 Å². The summed E-state index contributed by atoms with van der Waals surface area (Å²) in [7, 11) is 3.02. The fourth-order valence-corrected chi connectivity index (χ4v) is 3.94. The highest BCUT2D eigenvalue weighted by molar-refractivity contribution is 7.15. The van der Waals surface area contributed by atoms with Crippen molar-refractivity contribution in [3.05, 3.63) is 57.4 Å². The van der Waals surface area contributed by atoms with Crippen molar-refractivity contribution in [2.75, 3.05) is 7.11 Å². The van der Waals surface area contributed by atoms with Crippen molar-refractivity contribution in [2.45, 2.75) is 33.1 Å². The van der Waals surface area contributed by atoms with Crippen LogP contribution in [0.25, 0.3) is 11.3 Å². The molecule has 0 saturated heterocycles. The maximum absolute atomic E-state index is 12.3. The standard InChI is InChI=1S/C23H26N4O4S/c1-13(24-25-21(29)16-11-12-17(32-16)22(30)31-6)18-20(28)19(27(5)26-18)14-7-9-15(10-8-14)23(2,3)4/h7-12,28H,1-6H3,(H,25,29). The first-order valence-corrected chi connectivity index (χ1v) is 10.7. The first-order chi connectivity index (χ1) is 15.0. The number of methoxy groups -OCH3 is 1. The maximum atomic E-state index is 12.3. The van der Waals surface area contributed by atoms with Crippen LogP contribution in [0.1, 0.15) is 58.3 Å². The van der Waals surface area contributed by atoms with Crippen LogP contribution in [0.4, 0.5) is 0 Å². The number of hydrogen-bond acceptors (Lipinski definition) is 7. The molecule has 168 valence electrons. The topological polar surface area (TPSA) is 106 Å². The van der Waals surface area contributed by atoms with Gasteiger partial charge in [-0.2, -0.15) is 10.2 Å². The molecule has 8 nitrogen and oxygen atoms in total. The lowest BCUT2D eigenvalue weighted by atomic mass is 9.86. The smallest absolute Gasteiger partial charge is 0.348 e. The first-order valence-electron chi connectivity index (χ1n) is 9.93. The molecule has 0 aliphatic carbocycles. The molecule has 2 N–H and O–H groups in total. The Balaban J connectivity index is 1.81. The van der Waals surface area contributed by atoms with Crippen molar-refractivity contribution >= 4 is 28.9 Å². The molecule has 0 radical (unpaired) electrons. The van der Waals surface area contributed by atoms with E-state index in [2.05, 4.69) is 41.1 Å². The molecular weight excluding hydrogens is 428 g/mol. The van der Waals surface area contributed by atoms with Crippen molar-refractivity contribution in [2.24, 2.45) is 12.1 Å². The van der Waals surface area contributed by atoms with Crippen LogP contribution in [0.2, 0.25) is 0 Å². The molecule has 2 heterocycles. The van der Waals surface area contributed by atoms with Crippen molar-refractivity contribution in [3.63, 3.8) is 0 Å². The Morgan fingerprint density at radius 1 is 1.12 bits per heavy atom. The summed E-state index contributed by atoms with van der Waals surface area (Å²) in [5, 5.41) is 19.3. The number of nitrogens with zero attached hydrogens (tertiary/aromatic N) is 3. The number of amides is 1. The molecule has 1 aromatic carbocycles. The Kier molecular flexibility index (Phi) is 6.50. The summed E-state index contributed by atoms with van der Waals surface area (Å²) >= 11 is 1.01. The lowest BCUT2D eigenvalue weighted by Gasteiger charge is -2.19. The lowest BCUT2D eigenvalue weighted by Crippen LogP contribution is -2.18. The number of carbonyl (C=O) groups excluding carboxylic acids is 2. The van der Waals surface area contributed by atoms with Gasteiger partial charge in [0.25, 0.3) is 5.91 Å². The molecule has 0 saturated carbocycles. The third-order valence-electron chi connectivity index (χ3n) is 4.93. The van der Waals surface area contributed by atoms with Crippen LogP contribution in [0.5, 0.6) is 5.75 Å².